The molecule has 0 saturated heterocycles. The van der Waals surface area contributed by atoms with E-state index >= 15 is 0 Å². The van der Waals surface area contributed by atoms with E-state index in [9.17, 15) is 9.59 Å². The van der Waals surface area contributed by atoms with Gasteiger partial charge in [-0.15, -0.1) is 11.5 Å². The lowest BCUT2D eigenvalue weighted by Gasteiger charge is -2.18. The number of rotatable bonds is 2. The van der Waals surface area contributed by atoms with Crippen molar-refractivity contribution in [3.63, 3.8) is 0 Å². The van der Waals surface area contributed by atoms with E-state index in [1.165, 1.54) is 0 Å². The van der Waals surface area contributed by atoms with Gasteiger partial charge < -0.3 is 5.32 Å². The van der Waals surface area contributed by atoms with Crippen LogP contribution >= 0.6 is 0 Å². The summed E-state index contributed by atoms with van der Waals surface area (Å²) < 4.78 is 0. The first kappa shape index (κ1) is 10.1. The van der Waals surface area contributed by atoms with Gasteiger partial charge in [0.1, 0.15) is 0 Å². The zero-order valence-electron chi connectivity index (χ0n) is 7.84. The smallest absolute Gasteiger partial charge is 0.342 e. The highest BCUT2D eigenvalue weighted by Crippen LogP contribution is 2.05. The Morgan fingerprint density at radius 2 is 2.14 bits per heavy atom. The second kappa shape index (κ2) is 3.38. The Morgan fingerprint density at radius 1 is 1.50 bits per heavy atom. The number of nitrogens with zero attached hydrogens (tertiary/aromatic N) is 1. The molecule has 6 heteroatoms. The first-order valence-corrected chi connectivity index (χ1v) is 3.89. The van der Waals surface area contributed by atoms with E-state index in [-0.39, 0.29) is 5.82 Å². The van der Waals surface area contributed by atoms with Crippen LogP contribution in [0.15, 0.2) is 9.59 Å². The molecule has 0 saturated carbocycles. The molecule has 0 aliphatic heterocycles. The lowest BCUT2D eigenvalue weighted by atomic mass is 10.1. The number of H-pyrrole nitrogens is 2. The molecule has 0 aliphatic carbocycles. The average Bonchev–Trinajstić information content (AvgIpc) is 2.10. The number of anilines is 1. The minimum Gasteiger partial charge on any atom is -0.348 e. The van der Waals surface area contributed by atoms with Crippen LogP contribution in [0.2, 0.25) is 0 Å². The number of nitrogens with one attached hydrogen (secondary N) is 3. The standard InChI is InChI=1S/C8H10N4O2/c1-4-8(2,3)10-5-6(13)9-7(14)12-11-5/h1H,2-3H3,(H,10,11)(H2,9,12,13,14). The van der Waals surface area contributed by atoms with Crippen molar-refractivity contribution in [2.45, 2.75) is 19.4 Å². The van der Waals surface area contributed by atoms with Gasteiger partial charge in [0.05, 0.1) is 5.54 Å². The van der Waals surface area contributed by atoms with Crippen LogP contribution < -0.4 is 16.6 Å². The highest BCUT2D eigenvalue weighted by Gasteiger charge is 2.15. The van der Waals surface area contributed by atoms with Crippen molar-refractivity contribution in [2.24, 2.45) is 0 Å². The number of aromatic amines is 2. The Labute approximate surface area is 79.8 Å². The van der Waals surface area contributed by atoms with Crippen LogP contribution in [0.4, 0.5) is 5.82 Å². The molecule has 3 N–H and O–H groups in total. The summed E-state index contributed by atoms with van der Waals surface area (Å²) in [7, 11) is 0. The molecule has 0 bridgehead atoms. The van der Waals surface area contributed by atoms with E-state index < -0.39 is 16.8 Å². The molecule has 0 fully saturated rings. The molecular weight excluding hydrogens is 184 g/mol. The van der Waals surface area contributed by atoms with Gasteiger partial charge in [-0.2, -0.15) is 0 Å². The second-order valence-corrected chi connectivity index (χ2v) is 3.25. The van der Waals surface area contributed by atoms with Crippen LogP contribution in [0, 0.1) is 12.3 Å². The topological polar surface area (TPSA) is 90.6 Å². The van der Waals surface area contributed by atoms with Crippen molar-refractivity contribution in [1.82, 2.24) is 15.2 Å². The summed E-state index contributed by atoms with van der Waals surface area (Å²) in [5.41, 5.74) is -1.95. The van der Waals surface area contributed by atoms with Gasteiger partial charge in [0, 0.05) is 0 Å². The molecule has 0 atom stereocenters. The maximum absolute atomic E-state index is 11.2. The zero-order chi connectivity index (χ0) is 10.8. The van der Waals surface area contributed by atoms with Crippen LogP contribution in [0.3, 0.4) is 0 Å². The Kier molecular flexibility index (Phi) is 2.42. The molecule has 0 aliphatic rings. The summed E-state index contributed by atoms with van der Waals surface area (Å²) in [6.45, 7) is 3.42. The van der Waals surface area contributed by atoms with Crippen molar-refractivity contribution in [3.8, 4) is 12.3 Å². The third-order valence-electron chi connectivity index (χ3n) is 1.50. The molecule has 0 aromatic carbocycles. The summed E-state index contributed by atoms with van der Waals surface area (Å²) in [6, 6.07) is 0. The second-order valence-electron chi connectivity index (χ2n) is 3.25. The third-order valence-corrected chi connectivity index (χ3v) is 1.50. The zero-order valence-corrected chi connectivity index (χ0v) is 7.84. The van der Waals surface area contributed by atoms with Gasteiger partial charge in [-0.25, -0.2) is 9.89 Å². The lowest BCUT2D eigenvalue weighted by Crippen LogP contribution is -2.35. The maximum Gasteiger partial charge on any atom is 0.342 e. The van der Waals surface area contributed by atoms with E-state index in [0.717, 1.165) is 0 Å². The van der Waals surface area contributed by atoms with E-state index in [1.54, 1.807) is 13.8 Å². The van der Waals surface area contributed by atoms with Crippen LogP contribution in [0.25, 0.3) is 0 Å². The van der Waals surface area contributed by atoms with Gasteiger partial charge in [0.2, 0.25) is 5.82 Å². The van der Waals surface area contributed by atoms with Gasteiger partial charge in [0.25, 0.3) is 5.56 Å². The molecule has 1 aromatic rings. The molecule has 0 radical (unpaired) electrons. The normalized spacial score (nSPS) is 10.6. The molecule has 1 heterocycles. The molecule has 0 amide bonds. The molecule has 1 rings (SSSR count). The monoisotopic (exact) mass is 194 g/mol. The fourth-order valence-corrected chi connectivity index (χ4v) is 0.765. The fraction of sp³-hybridized carbons (Fsp3) is 0.375. The van der Waals surface area contributed by atoms with Gasteiger partial charge in [-0.1, -0.05) is 5.92 Å². The van der Waals surface area contributed by atoms with E-state index in [4.69, 9.17) is 6.42 Å². The van der Waals surface area contributed by atoms with Gasteiger partial charge >= 0.3 is 5.69 Å². The number of hydrogen-bond donors (Lipinski definition) is 3. The molecule has 0 spiro atoms. The average molecular weight is 194 g/mol. The minimum absolute atomic E-state index is 0.00690. The van der Waals surface area contributed by atoms with E-state index in [0.29, 0.717) is 0 Å². The minimum atomic E-state index is -0.696. The molecular formula is C8H10N4O2. The van der Waals surface area contributed by atoms with Crippen molar-refractivity contribution < 1.29 is 0 Å². The van der Waals surface area contributed by atoms with Crippen molar-refractivity contribution in [3.05, 3.63) is 20.8 Å². The quantitative estimate of drug-likeness (QED) is 0.542. The molecule has 6 nitrogen and oxygen atoms in total. The van der Waals surface area contributed by atoms with Crippen molar-refractivity contribution in [1.29, 1.82) is 0 Å². The Morgan fingerprint density at radius 3 is 2.64 bits per heavy atom. The highest BCUT2D eigenvalue weighted by atomic mass is 16.2. The first-order valence-electron chi connectivity index (χ1n) is 3.89. The lowest BCUT2D eigenvalue weighted by molar-refractivity contribution is 0.722. The Balaban J connectivity index is 3.07. The summed E-state index contributed by atoms with van der Waals surface area (Å²) in [6.07, 6.45) is 5.21. The van der Waals surface area contributed by atoms with E-state index in [2.05, 4.69) is 21.4 Å². The SMILES string of the molecule is C#CC(C)(C)Nc1n[nH]c(=O)[nH]c1=O. The third kappa shape index (κ3) is 2.23. The van der Waals surface area contributed by atoms with E-state index in [1.807, 2.05) is 4.98 Å². The van der Waals surface area contributed by atoms with Crippen LogP contribution in [0.1, 0.15) is 13.8 Å². The number of aromatic nitrogens is 3. The van der Waals surface area contributed by atoms with Gasteiger partial charge in [0.15, 0.2) is 0 Å². The molecule has 14 heavy (non-hydrogen) atoms. The Bertz CT molecular complexity index is 477. The highest BCUT2D eigenvalue weighted by molar-refractivity contribution is 5.37. The van der Waals surface area contributed by atoms with Gasteiger partial charge in [-0.3, -0.25) is 9.78 Å². The molecule has 0 unspecified atom stereocenters. The predicted octanol–water partition coefficient (Wildman–Crippen LogP) is -0.718. The van der Waals surface area contributed by atoms with Crippen LogP contribution in [-0.2, 0) is 0 Å². The predicted molar refractivity (Wildman–Crippen MR) is 52.0 cm³/mol. The summed E-state index contributed by atoms with van der Waals surface area (Å²) in [5, 5.41) is 8.32. The molecule has 1 aromatic heterocycles. The summed E-state index contributed by atoms with van der Waals surface area (Å²) in [5.74, 6) is 2.43. The van der Waals surface area contributed by atoms with Gasteiger partial charge in [-0.05, 0) is 13.8 Å². The van der Waals surface area contributed by atoms with Crippen molar-refractivity contribution >= 4 is 5.82 Å². The number of terminal acetylenes is 1. The van der Waals surface area contributed by atoms with Crippen LogP contribution in [0.5, 0.6) is 0 Å². The molecule has 74 valence electrons. The summed E-state index contributed by atoms with van der Waals surface area (Å²) >= 11 is 0. The first-order chi connectivity index (χ1) is 6.44. The van der Waals surface area contributed by atoms with Crippen molar-refractivity contribution in [2.75, 3.05) is 5.32 Å². The fourth-order valence-electron chi connectivity index (χ4n) is 0.765. The summed E-state index contributed by atoms with van der Waals surface area (Å²) in [4.78, 5) is 23.8. The maximum atomic E-state index is 11.2. The Hall–Kier alpha value is -2.03. The number of hydrogen-bond acceptors (Lipinski definition) is 4. The van der Waals surface area contributed by atoms with Crippen LogP contribution in [-0.4, -0.2) is 20.7 Å². The largest absolute Gasteiger partial charge is 0.348 e.